The molecular formula is C75H138. The van der Waals surface area contributed by atoms with E-state index in [-0.39, 0.29) is 0 Å². The Morgan fingerprint density at radius 3 is 0.720 bits per heavy atom. The van der Waals surface area contributed by atoms with Crippen molar-refractivity contribution in [1.82, 2.24) is 0 Å². The van der Waals surface area contributed by atoms with Crippen LogP contribution in [-0.2, 0) is 0 Å². The zero-order chi connectivity index (χ0) is 57.3. The molecule has 0 aromatic carbocycles. The predicted octanol–water partition coefficient (Wildman–Crippen LogP) is 25.0. The maximum Gasteiger partial charge on any atom is -0.0294 e. The zero-order valence-corrected chi connectivity index (χ0v) is 56.0. The molecule has 7 rings (SSSR count). The van der Waals surface area contributed by atoms with E-state index in [0.717, 1.165) is 118 Å². The minimum Gasteiger partial charge on any atom is -0.0853 e. The van der Waals surface area contributed by atoms with Crippen LogP contribution in [0.15, 0.2) is 69.9 Å². The highest BCUT2D eigenvalue weighted by Crippen LogP contribution is 2.39. The lowest BCUT2D eigenvalue weighted by atomic mass is 9.71. The van der Waals surface area contributed by atoms with Crippen LogP contribution in [0.5, 0.6) is 0 Å². The van der Waals surface area contributed by atoms with Gasteiger partial charge in [0.1, 0.15) is 0 Å². The second kappa shape index (κ2) is 37.4. The minimum atomic E-state index is 0.856. The van der Waals surface area contributed by atoms with Gasteiger partial charge in [0.15, 0.2) is 0 Å². The van der Waals surface area contributed by atoms with Gasteiger partial charge in [0, 0.05) is 0 Å². The van der Waals surface area contributed by atoms with Gasteiger partial charge in [-0.15, -0.1) is 0 Å². The van der Waals surface area contributed by atoms with E-state index in [4.69, 9.17) is 0 Å². The van der Waals surface area contributed by atoms with Crippen LogP contribution >= 0.6 is 0 Å². The van der Waals surface area contributed by atoms with Crippen LogP contribution in [-0.4, -0.2) is 0 Å². The molecule has 438 valence electrons. The number of hydrogen-bond acceptors (Lipinski definition) is 0. The molecule has 0 heteroatoms. The molecule has 0 aromatic heterocycles. The Balaban J connectivity index is 0.000000438. The van der Waals surface area contributed by atoms with Crippen molar-refractivity contribution in [3.63, 3.8) is 0 Å². The molecule has 13 atom stereocenters. The largest absolute Gasteiger partial charge is 0.0853 e. The van der Waals surface area contributed by atoms with Crippen LogP contribution in [0.4, 0.5) is 0 Å². The van der Waals surface area contributed by atoms with Gasteiger partial charge in [0.2, 0.25) is 0 Å². The van der Waals surface area contributed by atoms with E-state index in [9.17, 15) is 0 Å². The van der Waals surface area contributed by atoms with E-state index in [1.165, 1.54) is 109 Å². The van der Waals surface area contributed by atoms with Crippen LogP contribution < -0.4 is 0 Å². The normalized spacial score (nSPS) is 31.9. The summed E-state index contributed by atoms with van der Waals surface area (Å²) in [4.78, 5) is 0. The summed E-state index contributed by atoms with van der Waals surface area (Å²) in [6.07, 6.45) is 37.6. The highest BCUT2D eigenvalue weighted by atomic mass is 14.3. The maximum absolute atomic E-state index is 2.43. The summed E-state index contributed by atoms with van der Waals surface area (Å²) in [5.74, 6) is 18.3. The molecule has 75 heavy (non-hydrogen) atoms. The summed E-state index contributed by atoms with van der Waals surface area (Å²) >= 11 is 0. The monoisotopic (exact) mass is 1040 g/mol. The molecule has 1 fully saturated rings. The fraction of sp³-hybridized carbons (Fsp3) is 0.840. The molecule has 0 bridgehead atoms. The van der Waals surface area contributed by atoms with E-state index in [1.54, 1.807) is 33.4 Å². The Morgan fingerprint density at radius 1 is 0.280 bits per heavy atom. The lowest BCUT2D eigenvalue weighted by Crippen LogP contribution is -2.25. The summed E-state index contributed by atoms with van der Waals surface area (Å²) in [5, 5.41) is 0. The first-order valence-corrected chi connectivity index (χ1v) is 32.9. The summed E-state index contributed by atoms with van der Waals surface area (Å²) in [6.45, 7) is 60.7. The molecule has 0 nitrogen and oxygen atoms in total. The third-order valence-electron chi connectivity index (χ3n) is 20.5. The second-order valence-electron chi connectivity index (χ2n) is 30.0. The summed E-state index contributed by atoms with van der Waals surface area (Å²) in [6, 6.07) is 0. The summed E-state index contributed by atoms with van der Waals surface area (Å²) < 4.78 is 0. The van der Waals surface area contributed by atoms with E-state index >= 15 is 0 Å². The van der Waals surface area contributed by atoms with Crippen molar-refractivity contribution in [3.05, 3.63) is 69.9 Å². The van der Waals surface area contributed by atoms with Crippen LogP contribution in [0.25, 0.3) is 0 Å². The second-order valence-corrected chi connectivity index (χ2v) is 30.0. The highest BCUT2D eigenvalue weighted by molar-refractivity contribution is 5.08. The predicted molar refractivity (Wildman–Crippen MR) is 344 cm³/mol. The number of allylic oxidation sites excluding steroid dienone is 12. The van der Waals surface area contributed by atoms with Gasteiger partial charge >= 0.3 is 0 Å². The highest BCUT2D eigenvalue weighted by Gasteiger charge is 2.28. The number of rotatable bonds is 7. The fourth-order valence-corrected chi connectivity index (χ4v) is 14.8. The first-order chi connectivity index (χ1) is 34.9. The summed E-state index contributed by atoms with van der Waals surface area (Å²) in [5.41, 5.74) is 9.56. The fourth-order valence-electron chi connectivity index (χ4n) is 14.8. The first kappa shape index (κ1) is 71.5. The molecule has 0 aliphatic heterocycles. The molecule has 0 spiro atoms. The lowest BCUT2D eigenvalue weighted by molar-refractivity contribution is 0.158. The van der Waals surface area contributed by atoms with Crippen molar-refractivity contribution in [3.8, 4) is 0 Å². The van der Waals surface area contributed by atoms with E-state index in [1.807, 2.05) is 0 Å². The van der Waals surface area contributed by atoms with Gasteiger partial charge in [-0.1, -0.05) is 215 Å². The van der Waals surface area contributed by atoms with Gasteiger partial charge in [-0.3, -0.25) is 0 Å². The topological polar surface area (TPSA) is 0 Å². The number of hydrogen-bond donors (Lipinski definition) is 0. The molecule has 2 unspecified atom stereocenters. The van der Waals surface area contributed by atoms with Crippen molar-refractivity contribution < 1.29 is 0 Å². The van der Waals surface area contributed by atoms with Crippen LogP contribution in [0.3, 0.4) is 0 Å². The molecule has 1 saturated carbocycles. The Labute approximate surface area is 475 Å². The molecule has 0 radical (unpaired) electrons. The standard InChI is InChI=1S/C11H22.4C11H20.2C10H18/c5*1-8(2)11-6-5-9(3)7-10(11)4;2*1-8(2)10-6-4-9(3)5-7-10/h8-11H,5-7H2,1-4H3;4*5,8,10-11H,6-7H2,1-4H3;2*4,8,10H,5-7H2,1-3H3/t9?,10-,11?;2*10-,11+;2*10-,11-;2*10-/m0101010/s1. The third-order valence-corrected chi connectivity index (χ3v) is 20.5. The van der Waals surface area contributed by atoms with Crippen molar-refractivity contribution in [2.45, 2.75) is 289 Å². The molecular weight excluding hydrogens is 901 g/mol. The molecule has 0 N–H and O–H groups in total. The quantitative estimate of drug-likeness (QED) is 0.223. The van der Waals surface area contributed by atoms with Gasteiger partial charge in [-0.2, -0.15) is 0 Å². The Hall–Kier alpha value is -1.56. The Bertz CT molecular complexity index is 1510. The van der Waals surface area contributed by atoms with Crippen molar-refractivity contribution in [1.29, 1.82) is 0 Å². The minimum absolute atomic E-state index is 0.856. The average molecular weight is 1040 g/mol. The smallest absolute Gasteiger partial charge is 0.0294 e. The summed E-state index contributed by atoms with van der Waals surface area (Å²) in [7, 11) is 0. The third kappa shape index (κ3) is 28.9. The van der Waals surface area contributed by atoms with Gasteiger partial charge < -0.3 is 0 Å². The Morgan fingerprint density at radius 2 is 0.533 bits per heavy atom. The first-order valence-electron chi connectivity index (χ1n) is 32.9. The molecule has 0 heterocycles. The van der Waals surface area contributed by atoms with Crippen LogP contribution in [0.1, 0.15) is 289 Å². The Kier molecular flexibility index (Phi) is 35.6. The van der Waals surface area contributed by atoms with Gasteiger partial charge in [0.05, 0.1) is 0 Å². The van der Waals surface area contributed by atoms with Gasteiger partial charge in [-0.05, 0) is 263 Å². The molecule has 7 aliphatic rings. The van der Waals surface area contributed by atoms with Gasteiger partial charge in [-0.25, -0.2) is 0 Å². The van der Waals surface area contributed by atoms with E-state index in [2.05, 4.69) is 216 Å². The van der Waals surface area contributed by atoms with Crippen LogP contribution in [0.2, 0.25) is 0 Å². The van der Waals surface area contributed by atoms with E-state index in [0.29, 0.717) is 0 Å². The van der Waals surface area contributed by atoms with Crippen molar-refractivity contribution in [2.24, 2.45) is 118 Å². The molecule has 0 saturated heterocycles. The average Bonchev–Trinajstić information content (AvgIpc) is 3.30. The molecule has 0 amide bonds. The van der Waals surface area contributed by atoms with Crippen LogP contribution in [0, 0.1) is 118 Å². The van der Waals surface area contributed by atoms with Crippen molar-refractivity contribution in [2.75, 3.05) is 0 Å². The van der Waals surface area contributed by atoms with Gasteiger partial charge in [0.25, 0.3) is 0 Å². The maximum atomic E-state index is 2.43. The molecule has 7 aliphatic carbocycles. The lowest BCUT2D eigenvalue weighted by Gasteiger charge is -2.35. The molecule has 0 aromatic rings. The zero-order valence-electron chi connectivity index (χ0n) is 56.0. The SMILES string of the molecule is CC1=CC[C@@H](C(C)C)CC1.CC1=CC[C@@H](C(C)C)[C@@H](C)C1.CC1=CC[C@@H](C(C)C)[C@H](C)C1.CC1=CC[C@H](C(C)C)CC1.CC1=CC[C@H](C(C)C)[C@@H](C)C1.CC1=CC[C@H](C(C)C)[C@H](C)C1.CC1CCC(C(C)C)[C@@H](C)C1. The van der Waals surface area contributed by atoms with E-state index < -0.39 is 0 Å². The van der Waals surface area contributed by atoms with Crippen molar-refractivity contribution >= 4 is 0 Å².